The smallest absolute Gasteiger partial charge is 0.265 e. The molecule has 1 rings (SSSR count). The summed E-state index contributed by atoms with van der Waals surface area (Å²) in [5.41, 5.74) is 5.72. The molecule has 0 atom stereocenters. The second-order valence-electron chi connectivity index (χ2n) is 2.36. The minimum atomic E-state index is -2.55. The molecule has 1 aromatic rings. The van der Waals surface area contributed by atoms with E-state index >= 15 is 0 Å². The molecule has 1 heterocycles. The fourth-order valence-corrected chi connectivity index (χ4v) is 1.36. The summed E-state index contributed by atoms with van der Waals surface area (Å²) in [5.74, 6) is 0. The molecular weight excluding hydrogens is 230 g/mol. The topological polar surface area (TPSA) is 38.9 Å². The maximum Gasteiger partial charge on any atom is 0.265 e. The van der Waals surface area contributed by atoms with E-state index in [0.29, 0.717) is 5.69 Å². The minimum absolute atomic E-state index is 0.00981. The highest BCUT2D eigenvalue weighted by Crippen LogP contribution is 2.29. The molecule has 1 aromatic heterocycles. The van der Waals surface area contributed by atoms with E-state index < -0.39 is 6.43 Å². The number of nitrogens with two attached hydrogens (primary N) is 1. The Morgan fingerprint density at radius 2 is 2.17 bits per heavy atom. The minimum Gasteiger partial charge on any atom is -0.396 e. The summed E-state index contributed by atoms with van der Waals surface area (Å²) in [6.45, 7) is 1.64. The number of hydrogen-bond acceptors (Lipinski definition) is 2. The van der Waals surface area contributed by atoms with E-state index in [1.807, 2.05) is 0 Å². The van der Waals surface area contributed by atoms with Crippen LogP contribution < -0.4 is 5.73 Å². The molecule has 5 heteroatoms. The number of anilines is 1. The highest BCUT2D eigenvalue weighted by Gasteiger charge is 2.14. The molecule has 0 aliphatic heterocycles. The Hall–Kier alpha value is -0.710. The first-order valence-electron chi connectivity index (χ1n) is 3.23. The molecule has 0 unspecified atom stereocenters. The highest BCUT2D eigenvalue weighted by molar-refractivity contribution is 9.10. The molecule has 0 saturated carbocycles. The number of hydrogen-bond donors (Lipinski definition) is 1. The van der Waals surface area contributed by atoms with Crippen molar-refractivity contribution in [2.45, 2.75) is 13.3 Å². The van der Waals surface area contributed by atoms with Crippen LogP contribution in [0.5, 0.6) is 0 Å². The van der Waals surface area contributed by atoms with Crippen molar-refractivity contribution in [3.8, 4) is 0 Å². The van der Waals surface area contributed by atoms with Gasteiger partial charge in [0.1, 0.15) is 4.60 Å². The van der Waals surface area contributed by atoms with E-state index in [1.54, 1.807) is 6.92 Å². The molecule has 2 N–H and O–H groups in total. The number of nitrogen functional groups attached to an aromatic ring is 1. The number of nitrogens with zero attached hydrogens (tertiary/aromatic N) is 1. The first kappa shape index (κ1) is 9.38. The number of halogens is 3. The molecular formula is C7H7BrF2N2. The van der Waals surface area contributed by atoms with Gasteiger partial charge in [0.15, 0.2) is 0 Å². The summed E-state index contributed by atoms with van der Waals surface area (Å²) in [6, 6.07) is 1.28. The van der Waals surface area contributed by atoms with E-state index in [9.17, 15) is 8.78 Å². The largest absolute Gasteiger partial charge is 0.396 e. The molecule has 0 radical (unpaired) electrons. The summed E-state index contributed by atoms with van der Waals surface area (Å²) >= 11 is 3.00. The van der Waals surface area contributed by atoms with E-state index in [2.05, 4.69) is 20.9 Å². The quantitative estimate of drug-likeness (QED) is 0.762. The van der Waals surface area contributed by atoms with Gasteiger partial charge in [-0.1, -0.05) is 0 Å². The van der Waals surface area contributed by atoms with Crippen LogP contribution in [-0.2, 0) is 0 Å². The van der Waals surface area contributed by atoms with Crippen LogP contribution in [0.2, 0.25) is 0 Å². The molecule has 0 aromatic carbocycles. The van der Waals surface area contributed by atoms with E-state index in [4.69, 9.17) is 5.73 Å². The zero-order valence-corrected chi connectivity index (χ0v) is 7.90. The average Bonchev–Trinajstić information content (AvgIpc) is 1.96. The normalized spacial score (nSPS) is 10.8. The average molecular weight is 237 g/mol. The molecule has 0 aliphatic rings. The van der Waals surface area contributed by atoms with Crippen LogP contribution in [0, 0.1) is 6.92 Å². The van der Waals surface area contributed by atoms with Gasteiger partial charge >= 0.3 is 0 Å². The van der Waals surface area contributed by atoms with Crippen molar-refractivity contribution in [3.63, 3.8) is 0 Å². The van der Waals surface area contributed by atoms with Gasteiger partial charge in [0.25, 0.3) is 6.43 Å². The first-order chi connectivity index (χ1) is 5.52. The summed E-state index contributed by atoms with van der Waals surface area (Å²) in [4.78, 5) is 3.87. The van der Waals surface area contributed by atoms with Crippen LogP contribution in [0.3, 0.4) is 0 Å². The third-order valence-electron chi connectivity index (χ3n) is 1.41. The van der Waals surface area contributed by atoms with Crippen molar-refractivity contribution in [1.82, 2.24) is 4.98 Å². The number of pyridine rings is 1. The lowest BCUT2D eigenvalue weighted by Gasteiger charge is -2.06. The van der Waals surface area contributed by atoms with Crippen LogP contribution in [0.25, 0.3) is 0 Å². The fourth-order valence-electron chi connectivity index (χ4n) is 0.850. The molecule has 0 amide bonds. The summed E-state index contributed by atoms with van der Waals surface area (Å²) in [5, 5.41) is 0. The molecule has 12 heavy (non-hydrogen) atoms. The summed E-state index contributed by atoms with van der Waals surface area (Å²) < 4.78 is 24.8. The Morgan fingerprint density at radius 1 is 1.58 bits per heavy atom. The standard InChI is InChI=1S/C7H7BrF2N2/c1-3-2-4(7(9)10)5(11)6(8)12-3/h2,7H,11H2,1H3. The second-order valence-corrected chi connectivity index (χ2v) is 3.11. The molecule has 0 fully saturated rings. The molecule has 2 nitrogen and oxygen atoms in total. The predicted molar refractivity (Wildman–Crippen MR) is 46.0 cm³/mol. The Kier molecular flexibility index (Phi) is 2.62. The molecule has 0 aliphatic carbocycles. The van der Waals surface area contributed by atoms with Crippen LogP contribution >= 0.6 is 15.9 Å². The Balaban J connectivity index is 3.28. The van der Waals surface area contributed by atoms with Gasteiger partial charge in [0.2, 0.25) is 0 Å². The number of aromatic nitrogens is 1. The predicted octanol–water partition coefficient (Wildman–Crippen LogP) is 2.67. The van der Waals surface area contributed by atoms with Crippen molar-refractivity contribution in [2.24, 2.45) is 0 Å². The van der Waals surface area contributed by atoms with Crippen LogP contribution in [0.4, 0.5) is 14.5 Å². The van der Waals surface area contributed by atoms with Crippen LogP contribution in [0.1, 0.15) is 17.7 Å². The zero-order valence-electron chi connectivity index (χ0n) is 6.31. The van der Waals surface area contributed by atoms with Gasteiger partial charge in [0, 0.05) is 11.3 Å². The van der Waals surface area contributed by atoms with E-state index in [0.717, 1.165) is 0 Å². The zero-order chi connectivity index (χ0) is 9.30. The first-order valence-corrected chi connectivity index (χ1v) is 4.02. The number of aryl methyl sites for hydroxylation is 1. The lowest BCUT2D eigenvalue weighted by molar-refractivity contribution is 0.152. The van der Waals surface area contributed by atoms with Gasteiger partial charge in [0.05, 0.1) is 5.69 Å². The fraction of sp³-hybridized carbons (Fsp3) is 0.286. The lowest BCUT2D eigenvalue weighted by Crippen LogP contribution is -1.99. The van der Waals surface area contributed by atoms with Crippen molar-refractivity contribution in [3.05, 3.63) is 21.9 Å². The molecule has 0 saturated heterocycles. The summed E-state index contributed by atoms with van der Waals surface area (Å²) in [7, 11) is 0. The number of alkyl halides is 2. The van der Waals surface area contributed by atoms with Crippen molar-refractivity contribution in [2.75, 3.05) is 5.73 Å². The third kappa shape index (κ3) is 1.72. The maximum atomic E-state index is 12.3. The van der Waals surface area contributed by atoms with Crippen molar-refractivity contribution >= 4 is 21.6 Å². The van der Waals surface area contributed by atoms with Crippen LogP contribution in [0.15, 0.2) is 10.7 Å². The lowest BCUT2D eigenvalue weighted by atomic mass is 10.2. The highest BCUT2D eigenvalue weighted by atomic mass is 79.9. The van der Waals surface area contributed by atoms with Gasteiger partial charge in [-0.25, -0.2) is 13.8 Å². The van der Waals surface area contributed by atoms with Gasteiger partial charge < -0.3 is 5.73 Å². The van der Waals surface area contributed by atoms with Crippen molar-refractivity contribution in [1.29, 1.82) is 0 Å². The molecule has 66 valence electrons. The molecule has 0 bridgehead atoms. The molecule has 0 spiro atoms. The number of rotatable bonds is 1. The summed E-state index contributed by atoms with van der Waals surface area (Å²) in [6.07, 6.45) is -2.55. The van der Waals surface area contributed by atoms with Gasteiger partial charge in [-0.15, -0.1) is 0 Å². The van der Waals surface area contributed by atoms with E-state index in [-0.39, 0.29) is 15.9 Å². The Bertz CT molecular complexity index is 302. The van der Waals surface area contributed by atoms with E-state index in [1.165, 1.54) is 6.07 Å². The van der Waals surface area contributed by atoms with Gasteiger partial charge in [-0.3, -0.25) is 0 Å². The van der Waals surface area contributed by atoms with Gasteiger partial charge in [-0.05, 0) is 28.9 Å². The third-order valence-corrected chi connectivity index (χ3v) is 2.01. The maximum absolute atomic E-state index is 12.3. The Morgan fingerprint density at radius 3 is 2.67 bits per heavy atom. The Labute approximate surface area is 76.9 Å². The van der Waals surface area contributed by atoms with Crippen molar-refractivity contribution < 1.29 is 8.78 Å². The van der Waals surface area contributed by atoms with Crippen LogP contribution in [-0.4, -0.2) is 4.98 Å². The monoisotopic (exact) mass is 236 g/mol. The SMILES string of the molecule is Cc1cc(C(F)F)c(N)c(Br)n1. The van der Waals surface area contributed by atoms with Gasteiger partial charge in [-0.2, -0.15) is 0 Å². The second kappa shape index (κ2) is 3.35.